The molecule has 29 nitrogen and oxygen atoms in total. The van der Waals surface area contributed by atoms with Gasteiger partial charge in [0.1, 0.15) is 57.5 Å². The zero-order valence-electron chi connectivity index (χ0n) is 80.7. The maximum Gasteiger partial charge on any atom is 0.330 e. The Morgan fingerprint density at radius 1 is 0.275 bits per heavy atom. The summed E-state index contributed by atoms with van der Waals surface area (Å²) in [6.45, 7) is 22.7. The van der Waals surface area contributed by atoms with Gasteiger partial charge in [-0.05, 0) is 292 Å². The molecule has 4 saturated carbocycles. The molecule has 0 N–H and O–H groups in total. The minimum Gasteiger partial charge on any atom is -0.494 e. The van der Waals surface area contributed by atoms with E-state index in [9.17, 15) is 67.1 Å². The highest BCUT2D eigenvalue weighted by Crippen LogP contribution is 2.41. The first kappa shape index (κ1) is 107. The van der Waals surface area contributed by atoms with Gasteiger partial charge < -0.3 is 71.1 Å². The topological polar surface area (TPSA) is 377 Å². The minimum atomic E-state index is -0.624. The van der Waals surface area contributed by atoms with E-state index in [1.807, 2.05) is 13.8 Å². The van der Waals surface area contributed by atoms with Crippen molar-refractivity contribution in [3.63, 3.8) is 0 Å². The van der Waals surface area contributed by atoms with E-state index in [1.165, 1.54) is 6.08 Å². The number of carbonyl (C=O) groups excluding carboxylic acids is 14. The second-order valence-electron chi connectivity index (χ2n) is 37.8. The Hall–Kier alpha value is -12.8. The van der Waals surface area contributed by atoms with Crippen LogP contribution >= 0.6 is 0 Å². The molecule has 4 aliphatic carbocycles. The van der Waals surface area contributed by atoms with Crippen LogP contribution in [0, 0.1) is 85.9 Å². The number of carbonyl (C=O) groups is 14. The zero-order chi connectivity index (χ0) is 99.3. The lowest BCUT2D eigenvalue weighted by molar-refractivity contribution is -0.154. The maximum atomic E-state index is 13.5. The van der Waals surface area contributed by atoms with Gasteiger partial charge in [-0.25, -0.2) is 4.79 Å². The number of hydrogen-bond donors (Lipinski definition) is 0. The van der Waals surface area contributed by atoms with Crippen LogP contribution in [-0.4, -0.2) is 130 Å². The first-order valence-electron chi connectivity index (χ1n) is 48.3. The van der Waals surface area contributed by atoms with Gasteiger partial charge >= 0.3 is 77.6 Å². The average Bonchev–Trinajstić information content (AvgIpc) is 0.814. The fourth-order valence-corrected chi connectivity index (χ4v) is 16.6. The number of rotatable bonds is 50. The molecule has 0 aromatic heterocycles. The summed E-state index contributed by atoms with van der Waals surface area (Å²) in [4.78, 5) is 179. The van der Waals surface area contributed by atoms with Gasteiger partial charge in [0.15, 0.2) is 5.78 Å². The Morgan fingerprint density at radius 2 is 0.514 bits per heavy atom. The Kier molecular flexibility index (Phi) is 41.8. The van der Waals surface area contributed by atoms with Crippen LogP contribution in [0.5, 0.6) is 57.5 Å². The van der Waals surface area contributed by atoms with Crippen LogP contribution in [0.25, 0.3) is 0 Å². The second kappa shape index (κ2) is 53.8. The van der Waals surface area contributed by atoms with Crippen molar-refractivity contribution >= 4 is 83.4 Å². The van der Waals surface area contributed by atoms with Gasteiger partial charge in [-0.2, -0.15) is 0 Å². The van der Waals surface area contributed by atoms with Crippen LogP contribution in [0.1, 0.15) is 241 Å². The molecule has 0 heterocycles. The van der Waals surface area contributed by atoms with E-state index in [-0.39, 0.29) is 94.2 Å². The summed E-state index contributed by atoms with van der Waals surface area (Å²) in [5, 5.41) is 0. The standard InChI is InChI=1S/C109H132O29/c1-11-84(110)59-62-108(7,8)67-129-98(114)57-55-96(112)126-65-60-74-19-39-87(40-20-74)131-100(116)76-23-31-80(32-24-76)104(120)135-91-51-53-93(72(5)70(91)3)137-106(122)82-35-27-78(28-36-82)102(118)133-89-47-43-85(44-48-89)124-63-17-15-13-14-16-18-64-125-86-45-49-90(50-46-86)134-103(119)79-29-37-83(38-30-79)107(123)138-94-54-52-92(71(4)73(94)6)136-105(121)81-33-25-77(26-34-81)101(117)132-88-41-21-75(22-42-88)61-66-127-97(113)56-58-99(115)130-69-109(9,10)68-128-95(111)12-2/h11-12,19-22,39-54,76-83H,1-2,13-18,23-38,55-69H2,3-10H3. The van der Waals surface area contributed by atoms with E-state index >= 15 is 0 Å². The van der Waals surface area contributed by atoms with Gasteiger partial charge in [0.05, 0.1) is 119 Å². The number of allylic oxidation sites excluding steroid dienone is 1. The molecule has 0 aliphatic heterocycles. The summed E-state index contributed by atoms with van der Waals surface area (Å²) < 4.78 is 84.7. The molecule has 0 amide bonds. The van der Waals surface area contributed by atoms with Crippen molar-refractivity contribution in [2.24, 2.45) is 58.2 Å². The van der Waals surface area contributed by atoms with E-state index in [1.54, 1.807) is 163 Å². The fourth-order valence-electron chi connectivity index (χ4n) is 16.6. The zero-order valence-corrected chi connectivity index (χ0v) is 80.7. The lowest BCUT2D eigenvalue weighted by Gasteiger charge is -2.26. The van der Waals surface area contributed by atoms with Crippen LogP contribution in [0.2, 0.25) is 0 Å². The molecule has 6 aromatic rings. The first-order valence-corrected chi connectivity index (χ1v) is 48.3. The molecule has 742 valence electrons. The first-order chi connectivity index (χ1) is 66.1. The van der Waals surface area contributed by atoms with Crippen LogP contribution in [0.3, 0.4) is 0 Å². The van der Waals surface area contributed by atoms with Crippen molar-refractivity contribution < 1.29 is 138 Å². The number of benzene rings is 6. The van der Waals surface area contributed by atoms with Gasteiger partial charge in [-0.1, -0.05) is 90.8 Å². The van der Waals surface area contributed by atoms with Gasteiger partial charge in [0, 0.05) is 30.8 Å². The number of unbranched alkanes of at least 4 members (excludes halogenated alkanes) is 5. The molecule has 0 unspecified atom stereocenters. The van der Waals surface area contributed by atoms with Crippen molar-refractivity contribution in [3.8, 4) is 57.5 Å². The van der Waals surface area contributed by atoms with Gasteiger partial charge in [0.25, 0.3) is 0 Å². The number of ketones is 1. The van der Waals surface area contributed by atoms with E-state index in [2.05, 4.69) is 13.2 Å². The largest absolute Gasteiger partial charge is 0.494 e. The summed E-state index contributed by atoms with van der Waals surface area (Å²) in [7, 11) is 0. The molecule has 0 saturated heterocycles. The van der Waals surface area contributed by atoms with Gasteiger partial charge in [-0.15, -0.1) is 0 Å². The Morgan fingerprint density at radius 3 is 0.790 bits per heavy atom. The quantitative estimate of drug-likeness (QED) is 0.0112. The molecule has 0 spiro atoms. The predicted octanol–water partition coefficient (Wildman–Crippen LogP) is 19.1. The smallest absolute Gasteiger partial charge is 0.330 e. The van der Waals surface area contributed by atoms with Crippen molar-refractivity contribution in [1.29, 1.82) is 0 Å². The highest BCUT2D eigenvalue weighted by molar-refractivity contribution is 5.89. The Labute approximate surface area is 807 Å². The highest BCUT2D eigenvalue weighted by atomic mass is 16.6. The van der Waals surface area contributed by atoms with E-state index in [0.29, 0.717) is 221 Å². The van der Waals surface area contributed by atoms with Crippen LogP contribution < -0.4 is 47.4 Å². The van der Waals surface area contributed by atoms with Gasteiger partial charge in [-0.3, -0.25) is 62.3 Å². The molecule has 6 aromatic carbocycles. The Bertz CT molecular complexity index is 4840. The molecule has 0 atom stereocenters. The van der Waals surface area contributed by atoms with E-state index in [0.717, 1.165) is 55.7 Å². The van der Waals surface area contributed by atoms with Crippen molar-refractivity contribution in [2.75, 3.05) is 46.2 Å². The van der Waals surface area contributed by atoms with Crippen LogP contribution in [-0.2, 0) is 104 Å². The summed E-state index contributed by atoms with van der Waals surface area (Å²) in [5.74, 6) is -4.88. The van der Waals surface area contributed by atoms with Crippen molar-refractivity contribution in [1.82, 2.24) is 0 Å². The molecule has 0 radical (unpaired) electrons. The predicted molar refractivity (Wildman–Crippen MR) is 506 cm³/mol. The van der Waals surface area contributed by atoms with Crippen molar-refractivity contribution in [2.45, 2.75) is 248 Å². The molecule has 29 heteroatoms. The van der Waals surface area contributed by atoms with Crippen LogP contribution in [0.4, 0.5) is 0 Å². The van der Waals surface area contributed by atoms with E-state index < -0.39 is 106 Å². The molecule has 4 fully saturated rings. The average molecular weight is 1910 g/mol. The molecule has 0 bridgehead atoms. The Balaban J connectivity index is 0.509. The molecule has 4 aliphatic rings. The molecule has 138 heavy (non-hydrogen) atoms. The summed E-state index contributed by atoms with van der Waals surface area (Å²) in [5.41, 5.74) is 3.24. The molecular formula is C109H132O29. The molecular weight excluding hydrogens is 1770 g/mol. The van der Waals surface area contributed by atoms with Crippen LogP contribution in [0.15, 0.2) is 147 Å². The number of hydrogen-bond acceptors (Lipinski definition) is 29. The minimum absolute atomic E-state index is 0.00332. The summed E-state index contributed by atoms with van der Waals surface area (Å²) >= 11 is 0. The molecule has 10 rings (SSSR count). The normalized spacial score (nSPS) is 18.0. The van der Waals surface area contributed by atoms with Crippen molar-refractivity contribution in [3.05, 3.63) is 180 Å². The highest BCUT2D eigenvalue weighted by Gasteiger charge is 2.39. The lowest BCUT2D eigenvalue weighted by atomic mass is 9.82. The number of esters is 13. The number of ether oxygens (including phenoxy) is 15. The summed E-state index contributed by atoms with van der Waals surface area (Å²) in [6.07, 6.45) is 16.4. The third-order valence-electron chi connectivity index (χ3n) is 25.9. The third-order valence-corrected chi connectivity index (χ3v) is 25.9. The monoisotopic (exact) mass is 1900 g/mol. The van der Waals surface area contributed by atoms with E-state index in [4.69, 9.17) is 71.1 Å². The SMILES string of the molecule is C=CC(=O)CCC(C)(C)COC(=O)CCC(=O)OCCc1ccc(OC(=O)C2CCC(C(=O)Oc3ccc(OC(=O)C4CCC(C(=O)Oc5ccc(OCCCCCCCCOc6ccc(OC(=O)C7CCC(C(=O)Oc8ccc(OC(=O)C9CCC(C(=O)Oc%10ccc(CCOC(=O)CCC(=O)OCC(C)(C)COC(=O)C=C)cc%10)CC9)c(C)c8C)CC7)cc6)cc5)CC4)c(C)c3C)CC2)cc1. The fraction of sp³-hybridized carbons (Fsp3) is 0.505. The third kappa shape index (κ3) is 35.3. The lowest BCUT2D eigenvalue weighted by Crippen LogP contribution is -2.30. The van der Waals surface area contributed by atoms with Gasteiger partial charge in [0.2, 0.25) is 0 Å². The second-order valence-corrected chi connectivity index (χ2v) is 37.8. The maximum absolute atomic E-state index is 13.5. The summed E-state index contributed by atoms with van der Waals surface area (Å²) in [6, 6.07) is 34.2.